The Morgan fingerprint density at radius 1 is 1.41 bits per heavy atom. The monoisotopic (exact) mass is 238 g/mol. The summed E-state index contributed by atoms with van der Waals surface area (Å²) in [6, 6.07) is 4.64. The van der Waals surface area contributed by atoms with Gasteiger partial charge >= 0.3 is 0 Å². The van der Waals surface area contributed by atoms with E-state index in [4.69, 9.17) is 5.73 Å². The van der Waals surface area contributed by atoms with E-state index in [9.17, 15) is 9.50 Å². The topological polar surface area (TPSA) is 49.5 Å². The molecule has 94 valence electrons. The van der Waals surface area contributed by atoms with Crippen LogP contribution in [0.25, 0.3) is 0 Å². The number of nitrogen functional groups attached to an aromatic ring is 1. The molecule has 1 aromatic rings. The van der Waals surface area contributed by atoms with Crippen molar-refractivity contribution in [2.24, 2.45) is 0 Å². The normalized spacial score (nSPS) is 21.6. The fourth-order valence-corrected chi connectivity index (χ4v) is 2.40. The van der Waals surface area contributed by atoms with Crippen LogP contribution in [0, 0.1) is 5.82 Å². The molecule has 0 spiro atoms. The second-order valence-electron chi connectivity index (χ2n) is 4.65. The van der Waals surface area contributed by atoms with E-state index < -0.39 is 0 Å². The highest BCUT2D eigenvalue weighted by molar-refractivity contribution is 5.46. The Balaban J connectivity index is 2.10. The number of likely N-dealkylation sites (tertiary alicyclic amines) is 1. The molecule has 1 unspecified atom stereocenters. The number of nitrogens with zero attached hydrogens (tertiary/aromatic N) is 1. The second kappa shape index (κ2) is 5.47. The molecular weight excluding hydrogens is 219 g/mol. The molecule has 1 aliphatic heterocycles. The zero-order valence-corrected chi connectivity index (χ0v) is 9.90. The standard InChI is InChI=1S/C13H19FN2O/c14-11-4-5-13(15)10(7-11)8-16-6-2-1-3-12(16)9-17/h4-5,7,12,17H,1-3,6,8-9,15H2. The van der Waals surface area contributed by atoms with Gasteiger partial charge in [-0.25, -0.2) is 4.39 Å². The summed E-state index contributed by atoms with van der Waals surface area (Å²) in [7, 11) is 0. The molecule has 0 aliphatic carbocycles. The van der Waals surface area contributed by atoms with Gasteiger partial charge in [0.1, 0.15) is 5.82 Å². The Labute approximate surface area is 101 Å². The molecule has 4 heteroatoms. The minimum Gasteiger partial charge on any atom is -0.398 e. The Kier molecular flexibility index (Phi) is 3.97. The molecule has 2 rings (SSSR count). The lowest BCUT2D eigenvalue weighted by Crippen LogP contribution is -2.41. The predicted molar refractivity (Wildman–Crippen MR) is 65.9 cm³/mol. The van der Waals surface area contributed by atoms with Gasteiger partial charge in [-0.05, 0) is 43.1 Å². The zero-order valence-electron chi connectivity index (χ0n) is 9.90. The highest BCUT2D eigenvalue weighted by atomic mass is 19.1. The Bertz CT molecular complexity index is 384. The van der Waals surface area contributed by atoms with Crippen molar-refractivity contribution in [1.82, 2.24) is 4.90 Å². The number of rotatable bonds is 3. The van der Waals surface area contributed by atoms with E-state index >= 15 is 0 Å². The van der Waals surface area contributed by atoms with Crippen LogP contribution < -0.4 is 5.73 Å². The summed E-state index contributed by atoms with van der Waals surface area (Å²) in [4.78, 5) is 2.19. The van der Waals surface area contributed by atoms with Crippen LogP contribution in [0.3, 0.4) is 0 Å². The summed E-state index contributed by atoms with van der Waals surface area (Å²) in [6.07, 6.45) is 3.29. The first kappa shape index (κ1) is 12.3. The molecule has 1 aromatic carbocycles. The summed E-state index contributed by atoms with van der Waals surface area (Å²) in [6.45, 7) is 1.73. The molecule has 3 nitrogen and oxygen atoms in total. The molecule has 1 heterocycles. The maximum atomic E-state index is 13.2. The quantitative estimate of drug-likeness (QED) is 0.789. The van der Waals surface area contributed by atoms with Crippen LogP contribution >= 0.6 is 0 Å². The lowest BCUT2D eigenvalue weighted by atomic mass is 10.0. The second-order valence-corrected chi connectivity index (χ2v) is 4.65. The van der Waals surface area contributed by atoms with Gasteiger partial charge in [-0.15, -0.1) is 0 Å². The summed E-state index contributed by atoms with van der Waals surface area (Å²) in [5.74, 6) is -0.258. The minimum absolute atomic E-state index is 0.162. The number of aliphatic hydroxyl groups excluding tert-OH is 1. The van der Waals surface area contributed by atoms with Crippen molar-refractivity contribution in [3.05, 3.63) is 29.6 Å². The van der Waals surface area contributed by atoms with E-state index in [1.165, 1.54) is 12.1 Å². The molecule has 1 fully saturated rings. The van der Waals surface area contributed by atoms with Crippen LogP contribution in [0.1, 0.15) is 24.8 Å². The highest BCUT2D eigenvalue weighted by Crippen LogP contribution is 2.22. The number of aliphatic hydroxyl groups is 1. The van der Waals surface area contributed by atoms with Gasteiger partial charge in [-0.2, -0.15) is 0 Å². The number of anilines is 1. The summed E-state index contributed by atoms with van der Waals surface area (Å²) in [5, 5.41) is 9.32. The summed E-state index contributed by atoms with van der Waals surface area (Å²) < 4.78 is 13.2. The van der Waals surface area contributed by atoms with Crippen molar-refractivity contribution in [1.29, 1.82) is 0 Å². The van der Waals surface area contributed by atoms with Gasteiger partial charge in [0, 0.05) is 18.3 Å². The average molecular weight is 238 g/mol. The van der Waals surface area contributed by atoms with Crippen molar-refractivity contribution in [2.75, 3.05) is 18.9 Å². The van der Waals surface area contributed by atoms with Gasteiger partial charge in [0.2, 0.25) is 0 Å². The SMILES string of the molecule is Nc1ccc(F)cc1CN1CCCCC1CO. The van der Waals surface area contributed by atoms with Crippen molar-refractivity contribution < 1.29 is 9.50 Å². The number of piperidine rings is 1. The molecule has 17 heavy (non-hydrogen) atoms. The van der Waals surface area contributed by atoms with E-state index in [0.29, 0.717) is 12.2 Å². The Morgan fingerprint density at radius 3 is 3.00 bits per heavy atom. The third-order valence-electron chi connectivity index (χ3n) is 3.44. The van der Waals surface area contributed by atoms with E-state index in [0.717, 1.165) is 31.4 Å². The lowest BCUT2D eigenvalue weighted by Gasteiger charge is -2.34. The largest absolute Gasteiger partial charge is 0.398 e. The number of benzene rings is 1. The Hall–Kier alpha value is -1.13. The van der Waals surface area contributed by atoms with Gasteiger partial charge < -0.3 is 10.8 Å². The maximum Gasteiger partial charge on any atom is 0.123 e. The number of halogens is 1. The van der Waals surface area contributed by atoms with E-state index in [1.54, 1.807) is 6.07 Å². The van der Waals surface area contributed by atoms with Gasteiger partial charge in [0.15, 0.2) is 0 Å². The molecule has 1 saturated heterocycles. The van der Waals surface area contributed by atoms with Crippen LogP contribution in [0.2, 0.25) is 0 Å². The first-order chi connectivity index (χ1) is 8.20. The summed E-state index contributed by atoms with van der Waals surface area (Å²) >= 11 is 0. The third-order valence-corrected chi connectivity index (χ3v) is 3.44. The van der Waals surface area contributed by atoms with Gasteiger partial charge in [-0.1, -0.05) is 6.42 Å². The molecule has 0 saturated carbocycles. The zero-order chi connectivity index (χ0) is 12.3. The third kappa shape index (κ3) is 2.96. The van der Waals surface area contributed by atoms with E-state index in [1.807, 2.05) is 0 Å². The molecule has 3 N–H and O–H groups in total. The number of hydrogen-bond donors (Lipinski definition) is 2. The van der Waals surface area contributed by atoms with Crippen LogP contribution in [0.4, 0.5) is 10.1 Å². The molecule has 0 radical (unpaired) electrons. The molecular formula is C13H19FN2O. The fourth-order valence-electron chi connectivity index (χ4n) is 2.40. The predicted octanol–water partition coefficient (Wildman–Crippen LogP) is 1.75. The van der Waals surface area contributed by atoms with Crippen molar-refractivity contribution in [3.8, 4) is 0 Å². The van der Waals surface area contributed by atoms with Crippen molar-refractivity contribution in [2.45, 2.75) is 31.8 Å². The molecule has 1 atom stereocenters. The Morgan fingerprint density at radius 2 is 2.24 bits per heavy atom. The van der Waals surface area contributed by atoms with E-state index in [-0.39, 0.29) is 18.5 Å². The lowest BCUT2D eigenvalue weighted by molar-refractivity contribution is 0.0842. The van der Waals surface area contributed by atoms with Crippen molar-refractivity contribution in [3.63, 3.8) is 0 Å². The first-order valence-corrected chi connectivity index (χ1v) is 6.09. The van der Waals surface area contributed by atoms with Gasteiger partial charge in [0.25, 0.3) is 0 Å². The number of hydrogen-bond acceptors (Lipinski definition) is 3. The first-order valence-electron chi connectivity index (χ1n) is 6.09. The van der Waals surface area contributed by atoms with Gasteiger partial charge in [-0.3, -0.25) is 4.90 Å². The summed E-state index contributed by atoms with van der Waals surface area (Å²) in [5.41, 5.74) is 7.27. The molecule has 0 aromatic heterocycles. The fraction of sp³-hybridized carbons (Fsp3) is 0.538. The molecule has 0 amide bonds. The van der Waals surface area contributed by atoms with Crippen LogP contribution in [-0.2, 0) is 6.54 Å². The average Bonchev–Trinajstić information content (AvgIpc) is 2.34. The van der Waals surface area contributed by atoms with Crippen molar-refractivity contribution >= 4 is 5.69 Å². The van der Waals surface area contributed by atoms with Crippen LogP contribution in [0.15, 0.2) is 18.2 Å². The van der Waals surface area contributed by atoms with E-state index in [2.05, 4.69) is 4.90 Å². The molecule has 1 aliphatic rings. The number of nitrogens with two attached hydrogens (primary N) is 1. The minimum atomic E-state index is -0.258. The highest BCUT2D eigenvalue weighted by Gasteiger charge is 2.22. The van der Waals surface area contributed by atoms with Crippen LogP contribution in [0.5, 0.6) is 0 Å². The van der Waals surface area contributed by atoms with Gasteiger partial charge in [0.05, 0.1) is 6.61 Å². The van der Waals surface area contributed by atoms with Crippen LogP contribution in [-0.4, -0.2) is 29.2 Å². The molecule has 0 bridgehead atoms. The maximum absolute atomic E-state index is 13.2. The smallest absolute Gasteiger partial charge is 0.123 e.